The second kappa shape index (κ2) is 5.32. The first-order valence-electron chi connectivity index (χ1n) is 6.24. The van der Waals surface area contributed by atoms with Crippen molar-refractivity contribution in [3.8, 4) is 0 Å². The zero-order chi connectivity index (χ0) is 12.3. The number of nitrogens with two attached hydrogens (primary N) is 1. The van der Waals surface area contributed by atoms with Crippen molar-refractivity contribution in [2.24, 2.45) is 5.73 Å². The van der Waals surface area contributed by atoms with Gasteiger partial charge in [0, 0.05) is 19.1 Å². The Kier molecular flexibility index (Phi) is 3.79. The first-order chi connectivity index (χ1) is 8.15. The molecule has 1 fully saturated rings. The van der Waals surface area contributed by atoms with Crippen LogP contribution in [0, 0.1) is 6.92 Å². The number of piperidine rings is 1. The Morgan fingerprint density at radius 3 is 3.06 bits per heavy atom. The van der Waals surface area contributed by atoms with Crippen molar-refractivity contribution in [2.45, 2.75) is 32.2 Å². The number of amides is 1. The first kappa shape index (κ1) is 12.1. The summed E-state index contributed by atoms with van der Waals surface area (Å²) in [4.78, 5) is 14.0. The number of nitrogens with zero attached hydrogens (tertiary/aromatic N) is 1. The van der Waals surface area contributed by atoms with E-state index in [1.54, 1.807) is 0 Å². The van der Waals surface area contributed by atoms with Gasteiger partial charge in [-0.15, -0.1) is 0 Å². The third-order valence-electron chi connectivity index (χ3n) is 3.25. The average molecular weight is 232 g/mol. The average Bonchev–Trinajstić information content (AvgIpc) is 2.29. The lowest BCUT2D eigenvalue weighted by molar-refractivity contribution is -0.131. The zero-order valence-electron chi connectivity index (χ0n) is 10.4. The maximum atomic E-state index is 12.1. The van der Waals surface area contributed by atoms with Gasteiger partial charge in [0.15, 0.2) is 0 Å². The maximum absolute atomic E-state index is 12.1. The van der Waals surface area contributed by atoms with Gasteiger partial charge in [-0.1, -0.05) is 29.8 Å². The van der Waals surface area contributed by atoms with E-state index in [1.165, 1.54) is 5.56 Å². The van der Waals surface area contributed by atoms with Crippen LogP contribution < -0.4 is 5.73 Å². The van der Waals surface area contributed by atoms with E-state index in [2.05, 4.69) is 6.07 Å². The predicted octanol–water partition coefficient (Wildman–Crippen LogP) is 1.49. The number of carbonyl (C=O) groups is 1. The molecule has 17 heavy (non-hydrogen) atoms. The van der Waals surface area contributed by atoms with Gasteiger partial charge in [-0.2, -0.15) is 0 Å². The largest absolute Gasteiger partial charge is 0.341 e. The molecule has 2 rings (SSSR count). The van der Waals surface area contributed by atoms with Crippen molar-refractivity contribution in [1.29, 1.82) is 0 Å². The first-order valence-corrected chi connectivity index (χ1v) is 6.24. The molecule has 0 unspecified atom stereocenters. The number of hydrogen-bond donors (Lipinski definition) is 1. The molecule has 1 amide bonds. The fourth-order valence-electron chi connectivity index (χ4n) is 2.35. The Morgan fingerprint density at radius 1 is 1.53 bits per heavy atom. The van der Waals surface area contributed by atoms with Crippen LogP contribution in [0.15, 0.2) is 24.3 Å². The Balaban J connectivity index is 1.96. The highest BCUT2D eigenvalue weighted by molar-refractivity contribution is 5.79. The van der Waals surface area contributed by atoms with Crippen molar-refractivity contribution in [1.82, 2.24) is 4.90 Å². The highest BCUT2D eigenvalue weighted by Crippen LogP contribution is 2.11. The van der Waals surface area contributed by atoms with Gasteiger partial charge < -0.3 is 10.6 Å². The van der Waals surface area contributed by atoms with Gasteiger partial charge in [-0.05, 0) is 25.3 Å². The van der Waals surface area contributed by atoms with E-state index in [1.807, 2.05) is 30.0 Å². The number of carbonyl (C=O) groups excluding carboxylic acids is 1. The number of rotatable bonds is 2. The summed E-state index contributed by atoms with van der Waals surface area (Å²) in [6.45, 7) is 3.62. The molecule has 0 bridgehead atoms. The van der Waals surface area contributed by atoms with Gasteiger partial charge in [0.25, 0.3) is 0 Å². The topological polar surface area (TPSA) is 46.3 Å². The molecular weight excluding hydrogens is 212 g/mol. The molecule has 0 saturated carbocycles. The van der Waals surface area contributed by atoms with Crippen LogP contribution in [-0.4, -0.2) is 29.9 Å². The molecule has 0 aliphatic carbocycles. The predicted molar refractivity (Wildman–Crippen MR) is 68.7 cm³/mol. The molecule has 1 heterocycles. The fourth-order valence-corrected chi connectivity index (χ4v) is 2.35. The molecule has 1 saturated heterocycles. The molecule has 3 nitrogen and oxygen atoms in total. The van der Waals surface area contributed by atoms with Crippen molar-refractivity contribution in [3.05, 3.63) is 35.4 Å². The molecule has 92 valence electrons. The summed E-state index contributed by atoms with van der Waals surface area (Å²) in [5.74, 6) is 0.200. The third-order valence-corrected chi connectivity index (χ3v) is 3.25. The lowest BCUT2D eigenvalue weighted by Crippen LogP contribution is -2.46. The summed E-state index contributed by atoms with van der Waals surface area (Å²) in [6, 6.07) is 8.28. The highest BCUT2D eigenvalue weighted by Gasteiger charge is 2.20. The van der Waals surface area contributed by atoms with Crippen LogP contribution in [0.4, 0.5) is 0 Å². The van der Waals surface area contributed by atoms with Crippen LogP contribution >= 0.6 is 0 Å². The van der Waals surface area contributed by atoms with Crippen LogP contribution in [0.25, 0.3) is 0 Å². The molecule has 0 spiro atoms. The van der Waals surface area contributed by atoms with Crippen LogP contribution in [0.5, 0.6) is 0 Å². The minimum absolute atomic E-state index is 0.158. The summed E-state index contributed by atoms with van der Waals surface area (Å²) in [5.41, 5.74) is 8.18. The lowest BCUT2D eigenvalue weighted by Gasteiger charge is -2.30. The van der Waals surface area contributed by atoms with Crippen LogP contribution in [-0.2, 0) is 11.2 Å². The van der Waals surface area contributed by atoms with E-state index in [0.717, 1.165) is 24.9 Å². The molecule has 1 aliphatic heterocycles. The second-order valence-electron chi connectivity index (χ2n) is 4.91. The van der Waals surface area contributed by atoms with E-state index in [9.17, 15) is 4.79 Å². The number of likely N-dealkylation sites (tertiary alicyclic amines) is 1. The second-order valence-corrected chi connectivity index (χ2v) is 4.91. The van der Waals surface area contributed by atoms with Crippen molar-refractivity contribution in [3.63, 3.8) is 0 Å². The smallest absolute Gasteiger partial charge is 0.227 e. The minimum Gasteiger partial charge on any atom is -0.341 e. The Labute approximate surface area is 103 Å². The monoisotopic (exact) mass is 232 g/mol. The van der Waals surface area contributed by atoms with E-state index < -0.39 is 0 Å². The molecule has 0 radical (unpaired) electrons. The number of hydrogen-bond acceptors (Lipinski definition) is 2. The third kappa shape index (κ3) is 3.30. The van der Waals surface area contributed by atoms with Crippen LogP contribution in [0.3, 0.4) is 0 Å². The minimum atomic E-state index is 0.158. The number of benzene rings is 1. The summed E-state index contributed by atoms with van der Waals surface area (Å²) in [5, 5.41) is 0. The zero-order valence-corrected chi connectivity index (χ0v) is 10.4. The molecule has 1 aromatic rings. The normalized spacial score (nSPS) is 20.4. The van der Waals surface area contributed by atoms with E-state index in [0.29, 0.717) is 13.0 Å². The van der Waals surface area contributed by atoms with Gasteiger partial charge in [0.05, 0.1) is 6.42 Å². The maximum Gasteiger partial charge on any atom is 0.227 e. The lowest BCUT2D eigenvalue weighted by atomic mass is 10.0. The fraction of sp³-hybridized carbons (Fsp3) is 0.500. The van der Waals surface area contributed by atoms with Crippen LogP contribution in [0.2, 0.25) is 0 Å². The van der Waals surface area contributed by atoms with Crippen molar-refractivity contribution >= 4 is 5.91 Å². The summed E-state index contributed by atoms with van der Waals surface area (Å²) in [7, 11) is 0. The Hall–Kier alpha value is -1.35. The van der Waals surface area contributed by atoms with E-state index >= 15 is 0 Å². The van der Waals surface area contributed by atoms with Crippen LogP contribution in [0.1, 0.15) is 24.0 Å². The Bertz CT molecular complexity index is 403. The van der Waals surface area contributed by atoms with E-state index in [-0.39, 0.29) is 11.9 Å². The quantitative estimate of drug-likeness (QED) is 0.839. The van der Waals surface area contributed by atoms with Crippen molar-refractivity contribution < 1.29 is 4.79 Å². The number of aryl methyl sites for hydroxylation is 1. The molecule has 3 heteroatoms. The molecular formula is C14H20N2O. The highest BCUT2D eigenvalue weighted by atomic mass is 16.2. The summed E-state index contributed by atoms with van der Waals surface area (Å²) in [6.07, 6.45) is 2.56. The van der Waals surface area contributed by atoms with Gasteiger partial charge >= 0.3 is 0 Å². The summed E-state index contributed by atoms with van der Waals surface area (Å²) >= 11 is 0. The molecule has 0 aromatic heterocycles. The molecule has 1 atom stereocenters. The van der Waals surface area contributed by atoms with Crippen molar-refractivity contribution in [2.75, 3.05) is 13.1 Å². The standard InChI is InChI=1S/C14H20N2O/c1-11-4-2-5-12(8-11)9-14(17)16-7-3-6-13(15)10-16/h2,4-5,8,13H,3,6-7,9-10,15H2,1H3/t13-/m0/s1. The van der Waals surface area contributed by atoms with Gasteiger partial charge in [-0.3, -0.25) is 4.79 Å². The molecule has 1 aliphatic rings. The molecule has 1 aromatic carbocycles. The SMILES string of the molecule is Cc1cccc(CC(=O)N2CCC[C@H](N)C2)c1. The van der Waals surface area contributed by atoms with Gasteiger partial charge in [0.2, 0.25) is 5.91 Å². The summed E-state index contributed by atoms with van der Waals surface area (Å²) < 4.78 is 0. The van der Waals surface area contributed by atoms with Gasteiger partial charge in [0.1, 0.15) is 0 Å². The van der Waals surface area contributed by atoms with Gasteiger partial charge in [-0.25, -0.2) is 0 Å². The molecule has 2 N–H and O–H groups in total. The Morgan fingerprint density at radius 2 is 2.35 bits per heavy atom. The van der Waals surface area contributed by atoms with E-state index in [4.69, 9.17) is 5.73 Å².